The highest BCUT2D eigenvalue weighted by Crippen LogP contribution is 2.25. The molecule has 4 aromatic rings. The van der Waals surface area contributed by atoms with E-state index in [2.05, 4.69) is 69.6 Å². The fourth-order valence-electron chi connectivity index (χ4n) is 2.77. The molecule has 0 aliphatic heterocycles. The molecule has 0 unspecified atom stereocenters. The Hall–Kier alpha value is -2.92. The van der Waals surface area contributed by atoms with E-state index < -0.39 is 0 Å². The van der Waals surface area contributed by atoms with Crippen molar-refractivity contribution in [1.29, 1.82) is 0 Å². The number of para-hydroxylation sites is 1. The van der Waals surface area contributed by atoms with Gasteiger partial charge < -0.3 is 4.57 Å². The zero-order valence-electron chi connectivity index (χ0n) is 13.9. The van der Waals surface area contributed by atoms with Crippen LogP contribution in [0.4, 0.5) is 5.13 Å². The Morgan fingerprint density at radius 1 is 1.12 bits per heavy atom. The van der Waals surface area contributed by atoms with Crippen molar-refractivity contribution in [2.24, 2.45) is 5.10 Å². The summed E-state index contributed by atoms with van der Waals surface area (Å²) < 4.78 is 3.33. The molecule has 0 saturated heterocycles. The average Bonchev–Trinajstić information content (AvgIpc) is 3.21. The van der Waals surface area contributed by atoms with Crippen molar-refractivity contribution in [2.75, 3.05) is 5.43 Å². The van der Waals surface area contributed by atoms with Crippen molar-refractivity contribution >= 4 is 32.9 Å². The number of nitrogens with zero attached hydrogens (tertiary/aromatic N) is 3. The first-order valence-corrected chi connectivity index (χ1v) is 8.95. The van der Waals surface area contributed by atoms with Crippen LogP contribution in [0.5, 0.6) is 0 Å². The third kappa shape index (κ3) is 3.61. The molecule has 1 N–H and O–H groups in total. The van der Waals surface area contributed by atoms with Gasteiger partial charge in [-0.2, -0.15) is 5.10 Å². The zero-order valence-corrected chi connectivity index (χ0v) is 14.7. The van der Waals surface area contributed by atoms with Crippen LogP contribution in [0, 0.1) is 6.92 Å². The maximum absolute atomic E-state index is 4.52. The molecule has 2 aromatic heterocycles. The van der Waals surface area contributed by atoms with Gasteiger partial charge in [0.1, 0.15) is 0 Å². The quantitative estimate of drug-likeness (QED) is 0.412. The summed E-state index contributed by atoms with van der Waals surface area (Å²) in [6, 6.07) is 20.7. The molecule has 2 heterocycles. The van der Waals surface area contributed by atoms with Crippen LogP contribution in [-0.2, 0) is 6.54 Å². The highest BCUT2D eigenvalue weighted by Gasteiger charge is 2.02. The van der Waals surface area contributed by atoms with Gasteiger partial charge in [-0.3, -0.25) is 5.43 Å². The van der Waals surface area contributed by atoms with Crippen molar-refractivity contribution in [3.8, 4) is 0 Å². The number of hydrogen-bond acceptors (Lipinski definition) is 4. The number of hydrogen-bond donors (Lipinski definition) is 1. The summed E-state index contributed by atoms with van der Waals surface area (Å²) in [5.74, 6) is 0. The van der Waals surface area contributed by atoms with Crippen molar-refractivity contribution in [2.45, 2.75) is 13.5 Å². The van der Waals surface area contributed by atoms with Crippen LogP contribution >= 0.6 is 11.3 Å². The molecule has 0 atom stereocenters. The van der Waals surface area contributed by atoms with Gasteiger partial charge in [0.05, 0.1) is 22.1 Å². The van der Waals surface area contributed by atoms with E-state index in [9.17, 15) is 0 Å². The SMILES string of the molecule is Cc1cccc(Cn2cccc2/C=N\Nc2nc3ccccc3s2)c1. The van der Waals surface area contributed by atoms with E-state index in [1.54, 1.807) is 11.3 Å². The number of aromatic nitrogens is 2. The Kier molecular flexibility index (Phi) is 4.31. The fourth-order valence-corrected chi connectivity index (χ4v) is 3.58. The van der Waals surface area contributed by atoms with Gasteiger partial charge in [-0.25, -0.2) is 4.98 Å². The highest BCUT2D eigenvalue weighted by molar-refractivity contribution is 7.22. The third-order valence-electron chi connectivity index (χ3n) is 3.95. The molecule has 4 rings (SSSR count). The molecule has 2 aromatic carbocycles. The normalized spacial score (nSPS) is 11.4. The molecular formula is C20H18N4S. The number of anilines is 1. The first-order chi connectivity index (χ1) is 12.3. The van der Waals surface area contributed by atoms with E-state index in [1.165, 1.54) is 11.1 Å². The van der Waals surface area contributed by atoms with E-state index in [0.29, 0.717) is 0 Å². The number of benzene rings is 2. The molecule has 0 amide bonds. The summed E-state index contributed by atoms with van der Waals surface area (Å²) in [5.41, 5.74) is 7.64. The number of aryl methyl sites for hydroxylation is 1. The summed E-state index contributed by atoms with van der Waals surface area (Å²) in [4.78, 5) is 4.52. The Labute approximate surface area is 150 Å². The number of fused-ring (bicyclic) bond motifs is 1. The first kappa shape index (κ1) is 15.6. The van der Waals surface area contributed by atoms with E-state index in [1.807, 2.05) is 30.5 Å². The lowest BCUT2D eigenvalue weighted by atomic mass is 10.1. The average molecular weight is 346 g/mol. The van der Waals surface area contributed by atoms with E-state index in [4.69, 9.17) is 0 Å². The van der Waals surface area contributed by atoms with Gasteiger partial charge in [-0.05, 0) is 36.8 Å². The minimum atomic E-state index is 0.800. The molecular weight excluding hydrogens is 328 g/mol. The minimum absolute atomic E-state index is 0.800. The Bertz CT molecular complexity index is 996. The topological polar surface area (TPSA) is 42.2 Å². The molecule has 0 spiro atoms. The third-order valence-corrected chi connectivity index (χ3v) is 4.89. The number of nitrogens with one attached hydrogen (secondary N) is 1. The van der Waals surface area contributed by atoms with Gasteiger partial charge in [0, 0.05) is 12.7 Å². The molecule has 0 aliphatic carbocycles. The van der Waals surface area contributed by atoms with Crippen LogP contribution in [0.3, 0.4) is 0 Å². The summed E-state index contributed by atoms with van der Waals surface area (Å²) in [6.45, 7) is 2.95. The molecule has 25 heavy (non-hydrogen) atoms. The first-order valence-electron chi connectivity index (χ1n) is 8.13. The second-order valence-electron chi connectivity index (χ2n) is 5.91. The fraction of sp³-hybridized carbons (Fsp3) is 0.100. The Morgan fingerprint density at radius 3 is 2.92 bits per heavy atom. The van der Waals surface area contributed by atoms with Gasteiger partial charge in [-0.15, -0.1) is 0 Å². The summed E-state index contributed by atoms with van der Waals surface area (Å²) in [5, 5.41) is 5.15. The number of thiazole rings is 1. The van der Waals surface area contributed by atoms with Crippen molar-refractivity contribution < 1.29 is 0 Å². The summed E-state index contributed by atoms with van der Waals surface area (Å²) >= 11 is 1.60. The lowest BCUT2D eigenvalue weighted by Gasteiger charge is -2.07. The van der Waals surface area contributed by atoms with E-state index >= 15 is 0 Å². The molecule has 124 valence electrons. The second-order valence-corrected chi connectivity index (χ2v) is 6.94. The molecule has 5 heteroatoms. The standard InChI is InChI=1S/C20H18N4S/c1-15-6-4-7-16(12-15)14-24-11-5-8-17(24)13-21-23-20-22-18-9-2-3-10-19(18)25-20/h2-13H,14H2,1H3,(H,22,23)/b21-13-. The van der Waals surface area contributed by atoms with Crippen LogP contribution in [0.1, 0.15) is 16.8 Å². The molecule has 0 fully saturated rings. The zero-order chi connectivity index (χ0) is 17.1. The Morgan fingerprint density at radius 2 is 2.04 bits per heavy atom. The van der Waals surface area contributed by atoms with Crippen LogP contribution in [-0.4, -0.2) is 15.8 Å². The van der Waals surface area contributed by atoms with Gasteiger partial charge in [-0.1, -0.05) is 53.3 Å². The van der Waals surface area contributed by atoms with Gasteiger partial charge >= 0.3 is 0 Å². The monoisotopic (exact) mass is 346 g/mol. The second kappa shape index (κ2) is 6.91. The molecule has 0 bridgehead atoms. The number of hydrazone groups is 1. The number of rotatable bonds is 5. The van der Waals surface area contributed by atoms with Crippen molar-refractivity contribution in [3.05, 3.63) is 83.7 Å². The van der Waals surface area contributed by atoms with Gasteiger partial charge in [0.15, 0.2) is 0 Å². The Balaban J connectivity index is 1.47. The van der Waals surface area contributed by atoms with Gasteiger partial charge in [0.25, 0.3) is 0 Å². The smallest absolute Gasteiger partial charge is 0.204 e. The molecule has 0 saturated carbocycles. The minimum Gasteiger partial charge on any atom is -0.342 e. The van der Waals surface area contributed by atoms with Crippen molar-refractivity contribution in [3.63, 3.8) is 0 Å². The van der Waals surface area contributed by atoms with E-state index in [0.717, 1.165) is 27.6 Å². The summed E-state index contributed by atoms with van der Waals surface area (Å²) in [6.07, 6.45) is 3.91. The largest absolute Gasteiger partial charge is 0.342 e. The summed E-state index contributed by atoms with van der Waals surface area (Å²) in [7, 11) is 0. The van der Waals surface area contributed by atoms with Crippen LogP contribution in [0.25, 0.3) is 10.2 Å². The molecule has 0 radical (unpaired) electrons. The predicted molar refractivity (Wildman–Crippen MR) is 106 cm³/mol. The highest BCUT2D eigenvalue weighted by atomic mass is 32.1. The lowest BCUT2D eigenvalue weighted by Crippen LogP contribution is -2.03. The maximum atomic E-state index is 4.52. The molecule has 0 aliphatic rings. The molecule has 4 nitrogen and oxygen atoms in total. The van der Waals surface area contributed by atoms with E-state index in [-0.39, 0.29) is 0 Å². The van der Waals surface area contributed by atoms with Crippen LogP contribution < -0.4 is 5.43 Å². The lowest BCUT2D eigenvalue weighted by molar-refractivity contribution is 0.799. The van der Waals surface area contributed by atoms with Crippen LogP contribution in [0.15, 0.2) is 72.0 Å². The van der Waals surface area contributed by atoms with Gasteiger partial charge in [0.2, 0.25) is 5.13 Å². The van der Waals surface area contributed by atoms with Crippen molar-refractivity contribution in [1.82, 2.24) is 9.55 Å². The van der Waals surface area contributed by atoms with Crippen LogP contribution in [0.2, 0.25) is 0 Å². The predicted octanol–water partition coefficient (Wildman–Crippen LogP) is 4.90. The maximum Gasteiger partial charge on any atom is 0.204 e.